The van der Waals surface area contributed by atoms with Crippen molar-refractivity contribution in [3.63, 3.8) is 0 Å². The van der Waals surface area contributed by atoms with Gasteiger partial charge in [-0.25, -0.2) is 0 Å². The quantitative estimate of drug-likeness (QED) is 0.503. The van der Waals surface area contributed by atoms with Crippen LogP contribution in [0.15, 0.2) is 42.5 Å². The van der Waals surface area contributed by atoms with Crippen LogP contribution in [0.1, 0.15) is 43.7 Å². The maximum absolute atomic E-state index is 6.20. The second-order valence-corrected chi connectivity index (χ2v) is 6.65. The largest absolute Gasteiger partial charge is 0.488 e. The molecule has 0 spiro atoms. The molecule has 0 radical (unpaired) electrons. The van der Waals surface area contributed by atoms with Crippen LogP contribution >= 0.6 is 23.2 Å². The Kier molecular flexibility index (Phi) is 8.44. The fourth-order valence-electron chi connectivity index (χ4n) is 2.51. The van der Waals surface area contributed by atoms with Crippen LogP contribution in [0.5, 0.6) is 5.75 Å². The van der Waals surface area contributed by atoms with Crippen LogP contribution in [-0.4, -0.2) is 6.54 Å². The minimum Gasteiger partial charge on any atom is -0.488 e. The van der Waals surface area contributed by atoms with Crippen LogP contribution < -0.4 is 10.1 Å². The molecule has 0 saturated heterocycles. The van der Waals surface area contributed by atoms with Gasteiger partial charge in [-0.05, 0) is 31.2 Å². The highest BCUT2D eigenvalue weighted by Crippen LogP contribution is 2.27. The molecule has 0 aliphatic carbocycles. The molecule has 0 amide bonds. The summed E-state index contributed by atoms with van der Waals surface area (Å²) in [5, 5.41) is 4.76. The van der Waals surface area contributed by atoms with E-state index in [-0.39, 0.29) is 0 Å². The molecular weight excluding hydrogens is 341 g/mol. The van der Waals surface area contributed by atoms with Crippen molar-refractivity contribution in [2.75, 3.05) is 6.54 Å². The van der Waals surface area contributed by atoms with Gasteiger partial charge in [0, 0.05) is 27.7 Å². The van der Waals surface area contributed by atoms with Gasteiger partial charge in [-0.2, -0.15) is 0 Å². The summed E-state index contributed by atoms with van der Waals surface area (Å²) in [5.74, 6) is 0.870. The highest BCUT2D eigenvalue weighted by atomic mass is 35.5. The van der Waals surface area contributed by atoms with Crippen molar-refractivity contribution in [3.8, 4) is 5.75 Å². The van der Waals surface area contributed by atoms with Crippen LogP contribution in [-0.2, 0) is 13.2 Å². The molecule has 2 aromatic carbocycles. The highest BCUT2D eigenvalue weighted by molar-refractivity contribution is 6.35. The molecule has 2 rings (SSSR count). The van der Waals surface area contributed by atoms with Crippen molar-refractivity contribution < 1.29 is 4.74 Å². The Morgan fingerprint density at radius 1 is 0.917 bits per heavy atom. The topological polar surface area (TPSA) is 21.3 Å². The number of rotatable bonds is 10. The van der Waals surface area contributed by atoms with Crippen LogP contribution in [0, 0.1) is 0 Å². The van der Waals surface area contributed by atoms with Gasteiger partial charge in [0.05, 0.1) is 0 Å². The molecule has 24 heavy (non-hydrogen) atoms. The van der Waals surface area contributed by atoms with E-state index in [0.29, 0.717) is 16.7 Å². The molecule has 0 aliphatic rings. The van der Waals surface area contributed by atoms with Gasteiger partial charge in [0.1, 0.15) is 12.4 Å². The zero-order valence-electron chi connectivity index (χ0n) is 14.2. The Morgan fingerprint density at radius 3 is 2.42 bits per heavy atom. The van der Waals surface area contributed by atoms with Crippen molar-refractivity contribution in [3.05, 3.63) is 63.6 Å². The average Bonchev–Trinajstić information content (AvgIpc) is 2.58. The fraction of sp³-hybridized carbons (Fsp3) is 0.400. The van der Waals surface area contributed by atoms with E-state index < -0.39 is 0 Å². The van der Waals surface area contributed by atoms with Crippen molar-refractivity contribution in [2.24, 2.45) is 0 Å². The molecule has 0 unspecified atom stereocenters. The molecule has 0 atom stereocenters. The van der Waals surface area contributed by atoms with Crippen molar-refractivity contribution in [2.45, 2.75) is 45.8 Å². The lowest BCUT2D eigenvalue weighted by Gasteiger charge is -2.13. The first-order valence-electron chi connectivity index (χ1n) is 8.56. The molecule has 1 N–H and O–H groups in total. The van der Waals surface area contributed by atoms with Crippen LogP contribution in [0.3, 0.4) is 0 Å². The van der Waals surface area contributed by atoms with Crippen molar-refractivity contribution in [1.82, 2.24) is 5.32 Å². The number of halogens is 2. The van der Waals surface area contributed by atoms with E-state index in [9.17, 15) is 0 Å². The van der Waals surface area contributed by atoms with E-state index >= 15 is 0 Å². The molecule has 130 valence electrons. The summed E-state index contributed by atoms with van der Waals surface area (Å²) in [6, 6.07) is 13.6. The normalized spacial score (nSPS) is 10.8. The zero-order chi connectivity index (χ0) is 17.2. The molecule has 4 heteroatoms. The van der Waals surface area contributed by atoms with E-state index in [4.69, 9.17) is 27.9 Å². The number of hydrogen-bond acceptors (Lipinski definition) is 2. The van der Waals surface area contributed by atoms with Crippen LogP contribution in [0.4, 0.5) is 0 Å². The Labute approximate surface area is 155 Å². The molecule has 0 heterocycles. The van der Waals surface area contributed by atoms with Gasteiger partial charge in [0.2, 0.25) is 0 Å². The van der Waals surface area contributed by atoms with E-state index in [2.05, 4.69) is 18.3 Å². The number of para-hydroxylation sites is 1. The van der Waals surface area contributed by atoms with Gasteiger partial charge in [-0.1, -0.05) is 73.7 Å². The lowest BCUT2D eigenvalue weighted by Crippen LogP contribution is -2.15. The molecular formula is C20H25Cl2NO. The van der Waals surface area contributed by atoms with E-state index in [1.54, 1.807) is 0 Å². The second-order valence-electron chi connectivity index (χ2n) is 5.83. The van der Waals surface area contributed by atoms with Crippen LogP contribution in [0.25, 0.3) is 0 Å². The Hall–Kier alpha value is -1.22. The number of unbranched alkanes of at least 4 members (excludes halogenated alkanes) is 3. The first kappa shape index (κ1) is 19.1. The average molecular weight is 366 g/mol. The fourth-order valence-corrected chi connectivity index (χ4v) is 3.02. The first-order valence-corrected chi connectivity index (χ1v) is 9.32. The van der Waals surface area contributed by atoms with Crippen molar-refractivity contribution in [1.29, 1.82) is 0 Å². The van der Waals surface area contributed by atoms with E-state index in [0.717, 1.165) is 30.0 Å². The Bertz CT molecular complexity index is 611. The standard InChI is InChI=1S/C20H25Cl2NO/c1-2-3-4-7-13-23-14-16-9-5-6-12-20(16)24-15-17-18(21)10-8-11-19(17)22/h5-6,8-12,23H,2-4,7,13-15H2,1H3. The zero-order valence-corrected chi connectivity index (χ0v) is 15.7. The second kappa shape index (κ2) is 10.6. The molecule has 0 aromatic heterocycles. The predicted octanol–water partition coefficient (Wildman–Crippen LogP) is 6.24. The summed E-state index contributed by atoms with van der Waals surface area (Å²) >= 11 is 12.4. The number of ether oxygens (including phenoxy) is 1. The van der Waals surface area contributed by atoms with Gasteiger partial charge >= 0.3 is 0 Å². The third-order valence-corrected chi connectivity index (χ3v) is 4.64. The van der Waals surface area contributed by atoms with Gasteiger partial charge in [-0.3, -0.25) is 0 Å². The lowest BCUT2D eigenvalue weighted by atomic mass is 10.2. The minimum atomic E-state index is 0.367. The number of nitrogens with one attached hydrogen (secondary N) is 1. The third-order valence-electron chi connectivity index (χ3n) is 3.93. The molecule has 0 fully saturated rings. The van der Waals surface area contributed by atoms with Crippen LogP contribution in [0.2, 0.25) is 10.0 Å². The Morgan fingerprint density at radius 2 is 1.67 bits per heavy atom. The molecule has 2 aromatic rings. The highest BCUT2D eigenvalue weighted by Gasteiger charge is 2.08. The monoisotopic (exact) mass is 365 g/mol. The van der Waals surface area contributed by atoms with Crippen molar-refractivity contribution >= 4 is 23.2 Å². The number of hydrogen-bond donors (Lipinski definition) is 1. The molecule has 0 bridgehead atoms. The van der Waals surface area contributed by atoms with Gasteiger partial charge in [0.15, 0.2) is 0 Å². The van der Waals surface area contributed by atoms with Gasteiger partial charge in [-0.15, -0.1) is 0 Å². The maximum atomic E-state index is 6.20. The molecule has 0 saturated carbocycles. The minimum absolute atomic E-state index is 0.367. The van der Waals surface area contributed by atoms with E-state index in [1.807, 2.05) is 36.4 Å². The Balaban J connectivity index is 1.89. The summed E-state index contributed by atoms with van der Waals surface area (Å²) in [5.41, 5.74) is 1.97. The third kappa shape index (κ3) is 6.01. The first-order chi connectivity index (χ1) is 11.7. The van der Waals surface area contributed by atoms with Gasteiger partial charge in [0.25, 0.3) is 0 Å². The summed E-state index contributed by atoms with van der Waals surface area (Å²) in [4.78, 5) is 0. The summed E-state index contributed by atoms with van der Waals surface area (Å²) in [6.45, 7) is 4.43. The molecule has 0 aliphatic heterocycles. The summed E-state index contributed by atoms with van der Waals surface area (Å²) in [6.07, 6.45) is 5.07. The maximum Gasteiger partial charge on any atom is 0.124 e. The predicted molar refractivity (Wildman–Crippen MR) is 103 cm³/mol. The van der Waals surface area contributed by atoms with E-state index in [1.165, 1.54) is 25.7 Å². The number of benzene rings is 2. The SMILES string of the molecule is CCCCCCNCc1ccccc1OCc1c(Cl)cccc1Cl. The summed E-state index contributed by atoms with van der Waals surface area (Å²) in [7, 11) is 0. The smallest absolute Gasteiger partial charge is 0.124 e. The lowest BCUT2D eigenvalue weighted by molar-refractivity contribution is 0.302. The molecule has 2 nitrogen and oxygen atoms in total. The summed E-state index contributed by atoms with van der Waals surface area (Å²) < 4.78 is 5.97. The van der Waals surface area contributed by atoms with Gasteiger partial charge < -0.3 is 10.1 Å².